The summed E-state index contributed by atoms with van der Waals surface area (Å²) in [7, 11) is 1.62. The highest BCUT2D eigenvalue weighted by Gasteiger charge is 2.18. The number of ether oxygens (including phenoxy) is 2. The number of fused-ring (bicyclic) bond motifs is 1. The predicted molar refractivity (Wildman–Crippen MR) is 136 cm³/mol. The van der Waals surface area contributed by atoms with Gasteiger partial charge in [-0.05, 0) is 62.4 Å². The van der Waals surface area contributed by atoms with E-state index in [0.717, 1.165) is 22.7 Å². The highest BCUT2D eigenvalue weighted by Crippen LogP contribution is 2.25. The van der Waals surface area contributed by atoms with E-state index in [9.17, 15) is 10.1 Å². The smallest absolute Gasteiger partial charge is 0.267 e. The van der Waals surface area contributed by atoms with Gasteiger partial charge < -0.3 is 9.47 Å². The average molecular weight is 478 g/mol. The highest BCUT2D eigenvalue weighted by atomic mass is 16.5. The first kappa shape index (κ1) is 22.9. The normalized spacial score (nSPS) is 10.8. The van der Waals surface area contributed by atoms with Crippen molar-refractivity contribution in [3.05, 3.63) is 106 Å². The molecule has 0 amide bonds. The van der Waals surface area contributed by atoms with E-state index in [2.05, 4.69) is 6.07 Å². The molecule has 0 aliphatic rings. The fourth-order valence-corrected chi connectivity index (χ4v) is 4.14. The molecule has 0 saturated heterocycles. The molecule has 2 aromatic carbocycles. The summed E-state index contributed by atoms with van der Waals surface area (Å²) >= 11 is 0. The maximum absolute atomic E-state index is 13.6. The molecule has 5 rings (SSSR count). The summed E-state index contributed by atoms with van der Waals surface area (Å²) in [5.41, 5.74) is 4.74. The van der Waals surface area contributed by atoms with Crippen LogP contribution in [0.1, 0.15) is 22.5 Å². The summed E-state index contributed by atoms with van der Waals surface area (Å²) in [6, 6.07) is 22.4. The second kappa shape index (κ2) is 9.39. The summed E-state index contributed by atoms with van der Waals surface area (Å²) in [4.78, 5) is 18.3. The third-order valence-corrected chi connectivity index (χ3v) is 5.98. The van der Waals surface area contributed by atoms with Crippen molar-refractivity contribution in [2.45, 2.75) is 20.5 Å². The maximum Gasteiger partial charge on any atom is 0.267 e. The van der Waals surface area contributed by atoms with Gasteiger partial charge in [0.25, 0.3) is 5.56 Å². The first-order valence-corrected chi connectivity index (χ1v) is 11.3. The molecule has 0 N–H and O–H groups in total. The summed E-state index contributed by atoms with van der Waals surface area (Å²) < 4.78 is 14.5. The van der Waals surface area contributed by atoms with Gasteiger partial charge in [-0.2, -0.15) is 10.4 Å². The minimum Gasteiger partial charge on any atom is -0.497 e. The molecule has 36 heavy (non-hydrogen) atoms. The SMILES string of the molecule is COc1ccc(-n2nc(-c3c(C)nc4c(OCc5ccccc5C#N)cccn4c3=O)cc2C)cc1. The molecule has 5 aromatic rings. The van der Waals surface area contributed by atoms with Crippen LogP contribution < -0.4 is 15.0 Å². The third kappa shape index (κ3) is 4.07. The lowest BCUT2D eigenvalue weighted by Gasteiger charge is -2.12. The van der Waals surface area contributed by atoms with E-state index < -0.39 is 0 Å². The van der Waals surface area contributed by atoms with E-state index >= 15 is 0 Å². The van der Waals surface area contributed by atoms with Gasteiger partial charge in [0.2, 0.25) is 0 Å². The van der Waals surface area contributed by atoms with E-state index in [1.165, 1.54) is 4.40 Å². The van der Waals surface area contributed by atoms with Gasteiger partial charge in [-0.15, -0.1) is 0 Å². The molecular formula is C28H23N5O3. The number of hydrogen-bond donors (Lipinski definition) is 0. The number of aryl methyl sites for hydroxylation is 2. The molecule has 0 saturated carbocycles. The number of benzene rings is 2. The van der Waals surface area contributed by atoms with Crippen LogP contribution in [0.4, 0.5) is 0 Å². The Morgan fingerprint density at radius 3 is 2.56 bits per heavy atom. The van der Waals surface area contributed by atoms with Crippen LogP contribution in [0.25, 0.3) is 22.6 Å². The van der Waals surface area contributed by atoms with Crippen molar-refractivity contribution in [1.29, 1.82) is 5.26 Å². The molecule has 0 radical (unpaired) electrons. The van der Waals surface area contributed by atoms with Crippen LogP contribution in [0, 0.1) is 25.2 Å². The third-order valence-electron chi connectivity index (χ3n) is 5.98. The number of nitrogens with zero attached hydrogens (tertiary/aromatic N) is 5. The lowest BCUT2D eigenvalue weighted by molar-refractivity contribution is 0.307. The Bertz CT molecular complexity index is 1680. The summed E-state index contributed by atoms with van der Waals surface area (Å²) in [5, 5.41) is 14.1. The minimum absolute atomic E-state index is 0.186. The zero-order valence-corrected chi connectivity index (χ0v) is 20.1. The molecule has 0 bridgehead atoms. The molecule has 3 aromatic heterocycles. The van der Waals surface area contributed by atoms with Crippen LogP contribution in [0.5, 0.6) is 11.5 Å². The quantitative estimate of drug-likeness (QED) is 0.354. The average Bonchev–Trinajstić information content (AvgIpc) is 3.28. The molecule has 0 aliphatic carbocycles. The highest BCUT2D eigenvalue weighted by molar-refractivity contribution is 5.66. The molecule has 8 nitrogen and oxygen atoms in total. The van der Waals surface area contributed by atoms with Gasteiger partial charge in [0.05, 0.1) is 35.7 Å². The molecule has 0 unspecified atom stereocenters. The van der Waals surface area contributed by atoms with Crippen LogP contribution in [0.3, 0.4) is 0 Å². The molecule has 8 heteroatoms. The van der Waals surface area contributed by atoms with Gasteiger partial charge in [-0.1, -0.05) is 18.2 Å². The van der Waals surface area contributed by atoms with E-state index in [-0.39, 0.29) is 12.2 Å². The maximum atomic E-state index is 13.6. The number of rotatable bonds is 6. The Labute approximate surface area is 207 Å². The van der Waals surface area contributed by atoms with Crippen molar-refractivity contribution in [3.8, 4) is 34.5 Å². The van der Waals surface area contributed by atoms with Crippen molar-refractivity contribution < 1.29 is 9.47 Å². The fraction of sp³-hybridized carbons (Fsp3) is 0.143. The van der Waals surface area contributed by atoms with Crippen molar-refractivity contribution >= 4 is 5.65 Å². The zero-order chi connectivity index (χ0) is 25.2. The van der Waals surface area contributed by atoms with Gasteiger partial charge in [0.15, 0.2) is 11.4 Å². The Balaban J connectivity index is 1.53. The molecule has 0 aliphatic heterocycles. The molecule has 0 spiro atoms. The van der Waals surface area contributed by atoms with Crippen LogP contribution in [-0.4, -0.2) is 26.3 Å². The van der Waals surface area contributed by atoms with Crippen molar-refractivity contribution in [3.63, 3.8) is 0 Å². The molecule has 0 atom stereocenters. The van der Waals surface area contributed by atoms with Crippen LogP contribution in [-0.2, 0) is 6.61 Å². The van der Waals surface area contributed by atoms with Crippen LogP contribution >= 0.6 is 0 Å². The largest absolute Gasteiger partial charge is 0.497 e. The lowest BCUT2D eigenvalue weighted by atomic mass is 10.1. The fourth-order valence-electron chi connectivity index (χ4n) is 4.14. The molecule has 3 heterocycles. The van der Waals surface area contributed by atoms with E-state index in [1.54, 1.807) is 43.1 Å². The van der Waals surface area contributed by atoms with Gasteiger partial charge in [0.1, 0.15) is 18.1 Å². The first-order chi connectivity index (χ1) is 17.5. The number of hydrogen-bond acceptors (Lipinski definition) is 6. The first-order valence-electron chi connectivity index (χ1n) is 11.3. The summed E-state index contributed by atoms with van der Waals surface area (Å²) in [5.74, 6) is 1.21. The van der Waals surface area contributed by atoms with Crippen molar-refractivity contribution in [2.24, 2.45) is 0 Å². The lowest BCUT2D eigenvalue weighted by Crippen LogP contribution is -2.19. The van der Waals surface area contributed by atoms with Gasteiger partial charge in [-0.25, -0.2) is 9.67 Å². The van der Waals surface area contributed by atoms with Crippen molar-refractivity contribution in [1.82, 2.24) is 19.2 Å². The summed E-state index contributed by atoms with van der Waals surface area (Å²) in [6.07, 6.45) is 1.66. The van der Waals surface area contributed by atoms with Gasteiger partial charge in [0, 0.05) is 17.5 Å². The Kier molecular flexibility index (Phi) is 5.97. The van der Waals surface area contributed by atoms with Crippen molar-refractivity contribution in [2.75, 3.05) is 7.11 Å². The number of aromatic nitrogens is 4. The zero-order valence-electron chi connectivity index (χ0n) is 20.1. The number of pyridine rings is 1. The van der Waals surface area contributed by atoms with E-state index in [0.29, 0.717) is 33.9 Å². The Morgan fingerprint density at radius 2 is 1.81 bits per heavy atom. The second-order valence-corrected chi connectivity index (χ2v) is 8.28. The van der Waals surface area contributed by atoms with E-state index in [4.69, 9.17) is 19.6 Å². The van der Waals surface area contributed by atoms with Crippen LogP contribution in [0.2, 0.25) is 0 Å². The Hall–Kier alpha value is -4.90. The predicted octanol–water partition coefficient (Wildman–Crippen LogP) is 4.62. The monoisotopic (exact) mass is 477 g/mol. The Morgan fingerprint density at radius 1 is 1.03 bits per heavy atom. The molecular weight excluding hydrogens is 454 g/mol. The van der Waals surface area contributed by atoms with Gasteiger partial charge in [-0.3, -0.25) is 9.20 Å². The topological polar surface area (TPSA) is 94.4 Å². The van der Waals surface area contributed by atoms with Gasteiger partial charge >= 0.3 is 0 Å². The standard InChI is InChI=1S/C28H23N5O3/c1-18-15-24(31-33(18)22-10-12-23(35-3)13-11-22)26-19(2)30-27-25(9-6-14-32(27)28(26)34)36-17-21-8-5-4-7-20(21)16-29/h4-15H,17H2,1-3H3. The number of methoxy groups -OCH3 is 1. The minimum atomic E-state index is -0.236. The molecule has 178 valence electrons. The molecule has 0 fully saturated rings. The van der Waals surface area contributed by atoms with Crippen LogP contribution in [0.15, 0.2) is 77.7 Å². The second-order valence-electron chi connectivity index (χ2n) is 8.28. The van der Waals surface area contributed by atoms with E-state index in [1.807, 2.05) is 55.5 Å². The number of nitriles is 1. The summed E-state index contributed by atoms with van der Waals surface area (Å²) in [6.45, 7) is 3.92.